The van der Waals surface area contributed by atoms with E-state index in [0.717, 1.165) is 36.9 Å². The number of hydrogen-bond donors (Lipinski definition) is 0. The van der Waals surface area contributed by atoms with Crippen LogP contribution >= 0.6 is 22.9 Å². The second-order valence-corrected chi connectivity index (χ2v) is 4.66. The molecule has 0 aliphatic carbocycles. The molecule has 0 aliphatic rings. The summed E-state index contributed by atoms with van der Waals surface area (Å²) in [5.74, 6) is 0.647. The quantitative estimate of drug-likeness (QED) is 0.692. The van der Waals surface area contributed by atoms with E-state index in [0.29, 0.717) is 5.88 Å². The fraction of sp³-hybridized carbons (Fsp3) is 0.700. The van der Waals surface area contributed by atoms with Gasteiger partial charge in [0.15, 0.2) is 0 Å². The van der Waals surface area contributed by atoms with E-state index >= 15 is 0 Å². The summed E-state index contributed by atoms with van der Waals surface area (Å²) in [6, 6.07) is 0. The van der Waals surface area contributed by atoms with Crippen LogP contribution in [-0.4, -0.2) is 42.6 Å². The van der Waals surface area contributed by atoms with Crippen molar-refractivity contribution in [3.8, 4) is 0 Å². The molecule has 0 spiro atoms. The van der Waals surface area contributed by atoms with Crippen LogP contribution in [0.1, 0.15) is 10.7 Å². The molecular weight excluding hydrogens is 232 g/mol. The Morgan fingerprint density at radius 3 is 2.87 bits per heavy atom. The highest BCUT2D eigenvalue weighted by Crippen LogP contribution is 2.11. The second-order valence-electron chi connectivity index (χ2n) is 3.34. The molecule has 5 heteroatoms. The highest BCUT2D eigenvalue weighted by atomic mass is 35.5. The van der Waals surface area contributed by atoms with E-state index in [4.69, 9.17) is 16.3 Å². The van der Waals surface area contributed by atoms with Gasteiger partial charge in [0.05, 0.1) is 13.2 Å². The molecule has 1 heterocycles. The van der Waals surface area contributed by atoms with Crippen molar-refractivity contribution in [2.24, 2.45) is 0 Å². The number of aryl methyl sites for hydroxylation is 1. The van der Waals surface area contributed by atoms with Crippen LogP contribution in [0.4, 0.5) is 0 Å². The summed E-state index contributed by atoms with van der Waals surface area (Å²) in [6.45, 7) is 5.41. The first-order valence-electron chi connectivity index (χ1n) is 4.94. The number of aromatic nitrogens is 1. The van der Waals surface area contributed by atoms with E-state index in [1.54, 1.807) is 18.4 Å². The molecule has 3 nitrogen and oxygen atoms in total. The predicted molar refractivity (Wildman–Crippen MR) is 64.7 cm³/mol. The van der Waals surface area contributed by atoms with E-state index < -0.39 is 0 Å². The summed E-state index contributed by atoms with van der Waals surface area (Å²) < 4.78 is 5.06. The minimum Gasteiger partial charge on any atom is -0.383 e. The SMILES string of the molecule is COCCN(CCCl)Cc1nc(C)cs1. The highest BCUT2D eigenvalue weighted by Gasteiger charge is 2.07. The molecule has 1 aromatic heterocycles. The van der Waals surface area contributed by atoms with E-state index in [-0.39, 0.29) is 0 Å². The molecule has 0 saturated carbocycles. The van der Waals surface area contributed by atoms with Gasteiger partial charge in [-0.3, -0.25) is 4.90 Å². The Kier molecular flexibility index (Phi) is 6.17. The molecule has 0 bridgehead atoms. The van der Waals surface area contributed by atoms with Crippen molar-refractivity contribution < 1.29 is 4.74 Å². The van der Waals surface area contributed by atoms with Gasteiger partial charge in [-0.2, -0.15) is 0 Å². The number of alkyl halides is 1. The van der Waals surface area contributed by atoms with Gasteiger partial charge in [0.1, 0.15) is 5.01 Å². The zero-order chi connectivity index (χ0) is 11.1. The van der Waals surface area contributed by atoms with Gasteiger partial charge in [-0.15, -0.1) is 22.9 Å². The maximum atomic E-state index is 5.75. The lowest BCUT2D eigenvalue weighted by Gasteiger charge is -2.19. The minimum atomic E-state index is 0.647. The van der Waals surface area contributed by atoms with E-state index in [9.17, 15) is 0 Å². The van der Waals surface area contributed by atoms with Crippen LogP contribution in [-0.2, 0) is 11.3 Å². The Labute approximate surface area is 100 Å². The number of rotatable bonds is 7. The fourth-order valence-corrected chi connectivity index (χ4v) is 2.33. The van der Waals surface area contributed by atoms with Gasteiger partial charge in [-0.05, 0) is 6.92 Å². The van der Waals surface area contributed by atoms with E-state index in [2.05, 4.69) is 15.3 Å². The normalized spacial score (nSPS) is 11.2. The van der Waals surface area contributed by atoms with Gasteiger partial charge in [0, 0.05) is 37.2 Å². The average Bonchev–Trinajstić information content (AvgIpc) is 2.61. The van der Waals surface area contributed by atoms with Crippen molar-refractivity contribution >= 4 is 22.9 Å². The molecule has 86 valence electrons. The molecular formula is C10H17ClN2OS. The first-order chi connectivity index (χ1) is 7.26. The Balaban J connectivity index is 2.42. The Morgan fingerprint density at radius 2 is 2.33 bits per heavy atom. The van der Waals surface area contributed by atoms with Gasteiger partial charge in [-0.1, -0.05) is 0 Å². The van der Waals surface area contributed by atoms with Crippen molar-refractivity contribution in [3.63, 3.8) is 0 Å². The summed E-state index contributed by atoms with van der Waals surface area (Å²) in [5.41, 5.74) is 1.09. The lowest BCUT2D eigenvalue weighted by Crippen LogP contribution is -2.28. The fourth-order valence-electron chi connectivity index (χ4n) is 1.28. The number of halogens is 1. The van der Waals surface area contributed by atoms with E-state index in [1.165, 1.54) is 0 Å². The van der Waals surface area contributed by atoms with Gasteiger partial charge in [0.2, 0.25) is 0 Å². The monoisotopic (exact) mass is 248 g/mol. The van der Waals surface area contributed by atoms with Crippen molar-refractivity contribution in [2.45, 2.75) is 13.5 Å². The van der Waals surface area contributed by atoms with Crippen molar-refractivity contribution in [3.05, 3.63) is 16.1 Å². The van der Waals surface area contributed by atoms with Crippen molar-refractivity contribution in [1.29, 1.82) is 0 Å². The summed E-state index contributed by atoms with van der Waals surface area (Å²) in [6.07, 6.45) is 0. The average molecular weight is 249 g/mol. The van der Waals surface area contributed by atoms with Gasteiger partial charge in [0.25, 0.3) is 0 Å². The largest absolute Gasteiger partial charge is 0.383 e. The third kappa shape index (κ3) is 4.93. The molecule has 0 aliphatic heterocycles. The number of methoxy groups -OCH3 is 1. The van der Waals surface area contributed by atoms with Crippen LogP contribution in [0, 0.1) is 6.92 Å². The van der Waals surface area contributed by atoms with Crippen LogP contribution in [0.3, 0.4) is 0 Å². The standard InChI is InChI=1S/C10H17ClN2OS/c1-9-8-15-10(12-9)7-13(4-3-11)5-6-14-2/h8H,3-7H2,1-2H3. The van der Waals surface area contributed by atoms with E-state index in [1.807, 2.05) is 6.92 Å². The number of ether oxygens (including phenoxy) is 1. The summed E-state index contributed by atoms with van der Waals surface area (Å²) in [7, 11) is 1.71. The van der Waals surface area contributed by atoms with Crippen molar-refractivity contribution in [1.82, 2.24) is 9.88 Å². The lowest BCUT2D eigenvalue weighted by molar-refractivity contribution is 0.148. The molecule has 0 saturated heterocycles. The molecule has 1 rings (SSSR count). The molecule has 0 amide bonds. The van der Waals surface area contributed by atoms with Gasteiger partial charge >= 0.3 is 0 Å². The molecule has 0 radical (unpaired) electrons. The Morgan fingerprint density at radius 1 is 1.53 bits per heavy atom. The second kappa shape index (κ2) is 7.17. The topological polar surface area (TPSA) is 25.4 Å². The predicted octanol–water partition coefficient (Wildman–Crippen LogP) is 2.14. The Bertz CT molecular complexity index is 280. The first-order valence-corrected chi connectivity index (χ1v) is 6.36. The summed E-state index contributed by atoms with van der Waals surface area (Å²) in [5, 5.41) is 3.22. The third-order valence-electron chi connectivity index (χ3n) is 2.04. The maximum absolute atomic E-state index is 5.75. The van der Waals surface area contributed by atoms with Gasteiger partial charge in [-0.25, -0.2) is 4.98 Å². The maximum Gasteiger partial charge on any atom is 0.107 e. The summed E-state index contributed by atoms with van der Waals surface area (Å²) in [4.78, 5) is 6.69. The van der Waals surface area contributed by atoms with Gasteiger partial charge < -0.3 is 4.74 Å². The highest BCUT2D eigenvalue weighted by molar-refractivity contribution is 7.09. The van der Waals surface area contributed by atoms with Crippen molar-refractivity contribution in [2.75, 3.05) is 32.7 Å². The molecule has 15 heavy (non-hydrogen) atoms. The zero-order valence-corrected chi connectivity index (χ0v) is 10.8. The smallest absolute Gasteiger partial charge is 0.107 e. The molecule has 1 aromatic rings. The zero-order valence-electron chi connectivity index (χ0n) is 9.20. The number of nitrogens with zero attached hydrogens (tertiary/aromatic N) is 2. The Hall–Kier alpha value is -0.160. The van der Waals surface area contributed by atoms with Crippen LogP contribution in [0.25, 0.3) is 0 Å². The third-order valence-corrected chi connectivity index (χ3v) is 3.16. The number of thiazole rings is 1. The molecule has 0 N–H and O–H groups in total. The van der Waals surface area contributed by atoms with Crippen LogP contribution < -0.4 is 0 Å². The first kappa shape index (κ1) is 12.9. The molecule has 0 unspecified atom stereocenters. The van der Waals surface area contributed by atoms with Crippen LogP contribution in [0.5, 0.6) is 0 Å². The molecule has 0 aromatic carbocycles. The number of hydrogen-bond acceptors (Lipinski definition) is 4. The molecule has 0 atom stereocenters. The molecule has 0 fully saturated rings. The van der Waals surface area contributed by atoms with Crippen LogP contribution in [0.2, 0.25) is 0 Å². The summed E-state index contributed by atoms with van der Waals surface area (Å²) >= 11 is 7.45. The lowest BCUT2D eigenvalue weighted by atomic mass is 10.4. The van der Waals surface area contributed by atoms with Crippen LogP contribution in [0.15, 0.2) is 5.38 Å². The minimum absolute atomic E-state index is 0.647.